The van der Waals surface area contributed by atoms with Crippen molar-refractivity contribution in [3.05, 3.63) is 29.3 Å². The van der Waals surface area contributed by atoms with E-state index in [-0.39, 0.29) is 12.5 Å². The van der Waals surface area contributed by atoms with E-state index in [9.17, 15) is 9.90 Å². The smallest absolute Gasteiger partial charge is 0.260 e. The molecule has 0 unspecified atom stereocenters. The van der Waals surface area contributed by atoms with Crippen molar-refractivity contribution in [1.29, 1.82) is 0 Å². The number of para-hydroxylation sites is 1. The number of benzene rings is 1. The molecule has 3 rings (SSSR count). The fourth-order valence-electron chi connectivity index (χ4n) is 2.96. The number of ether oxygens (including phenoxy) is 2. The van der Waals surface area contributed by atoms with Gasteiger partial charge >= 0.3 is 0 Å². The van der Waals surface area contributed by atoms with Crippen molar-refractivity contribution < 1.29 is 19.4 Å². The molecule has 6 heteroatoms. The van der Waals surface area contributed by atoms with Crippen LogP contribution in [0.4, 0.5) is 0 Å². The van der Waals surface area contributed by atoms with Gasteiger partial charge in [-0.2, -0.15) is 0 Å². The lowest BCUT2D eigenvalue weighted by Crippen LogP contribution is -2.41. The molecule has 2 atom stereocenters. The summed E-state index contributed by atoms with van der Waals surface area (Å²) in [6, 6.07) is 7.03. The maximum atomic E-state index is 12.2. The van der Waals surface area contributed by atoms with Crippen molar-refractivity contribution >= 4 is 17.5 Å². The topological polar surface area (TPSA) is 59.0 Å². The van der Waals surface area contributed by atoms with Crippen molar-refractivity contribution in [1.82, 2.24) is 4.90 Å². The highest BCUT2D eigenvalue weighted by atomic mass is 35.5. The fraction of sp³-hybridized carbons (Fsp3) is 0.533. The minimum atomic E-state index is -0.621. The number of hydrogen-bond donors (Lipinski definition) is 1. The normalized spacial score (nSPS) is 28.3. The quantitative estimate of drug-likeness (QED) is 0.918. The van der Waals surface area contributed by atoms with Gasteiger partial charge in [-0.15, -0.1) is 0 Å². The third kappa shape index (κ3) is 2.86. The third-order valence-corrected chi connectivity index (χ3v) is 4.45. The molecule has 2 saturated heterocycles. The minimum absolute atomic E-state index is 0.0907. The molecule has 0 radical (unpaired) electrons. The predicted octanol–water partition coefficient (Wildman–Crippen LogP) is 1.47. The second-order valence-corrected chi connectivity index (χ2v) is 5.93. The van der Waals surface area contributed by atoms with Crippen LogP contribution in [0.3, 0.4) is 0 Å². The second-order valence-electron chi connectivity index (χ2n) is 5.53. The first-order valence-corrected chi connectivity index (χ1v) is 7.46. The molecular weight excluding hydrogens is 294 g/mol. The Hall–Kier alpha value is -1.30. The molecule has 21 heavy (non-hydrogen) atoms. The van der Waals surface area contributed by atoms with Gasteiger partial charge in [-0.25, -0.2) is 0 Å². The summed E-state index contributed by atoms with van der Waals surface area (Å²) in [5, 5.41) is 10.6. The molecule has 2 aliphatic rings. The van der Waals surface area contributed by atoms with E-state index in [2.05, 4.69) is 0 Å². The van der Waals surface area contributed by atoms with Crippen LogP contribution in [-0.2, 0) is 9.53 Å². The number of rotatable bonds is 3. The SMILES string of the molecule is O=C(COc1ccccc1Cl)N1C[C@H](O)[C@]2(CCCO2)C1. The van der Waals surface area contributed by atoms with E-state index in [0.717, 1.165) is 12.8 Å². The van der Waals surface area contributed by atoms with Crippen LogP contribution in [0.1, 0.15) is 12.8 Å². The molecule has 114 valence electrons. The molecule has 1 amide bonds. The molecule has 1 N–H and O–H groups in total. The van der Waals surface area contributed by atoms with Gasteiger partial charge in [0.15, 0.2) is 6.61 Å². The van der Waals surface area contributed by atoms with E-state index in [0.29, 0.717) is 30.5 Å². The van der Waals surface area contributed by atoms with Crippen LogP contribution in [0.2, 0.25) is 5.02 Å². The Kier molecular flexibility index (Phi) is 4.06. The zero-order chi connectivity index (χ0) is 14.9. The van der Waals surface area contributed by atoms with Crippen LogP contribution in [0.5, 0.6) is 5.75 Å². The van der Waals surface area contributed by atoms with Gasteiger partial charge in [0.1, 0.15) is 17.5 Å². The summed E-state index contributed by atoms with van der Waals surface area (Å²) in [5.41, 5.74) is -0.569. The van der Waals surface area contributed by atoms with Crippen LogP contribution < -0.4 is 4.74 Å². The Labute approximate surface area is 128 Å². The van der Waals surface area contributed by atoms with E-state index in [1.54, 1.807) is 29.2 Å². The molecule has 2 heterocycles. The number of β-amino-alcohol motifs (C(OH)–C–C–N with tert-alkyl or cyclic N) is 1. The van der Waals surface area contributed by atoms with Crippen molar-refractivity contribution in [2.24, 2.45) is 0 Å². The van der Waals surface area contributed by atoms with Crippen molar-refractivity contribution in [3.8, 4) is 5.75 Å². The number of halogens is 1. The second kappa shape index (κ2) is 5.83. The first kappa shape index (κ1) is 14.6. The Bertz CT molecular complexity index is 530. The van der Waals surface area contributed by atoms with Crippen LogP contribution in [0.25, 0.3) is 0 Å². The molecule has 0 aliphatic carbocycles. The summed E-state index contributed by atoms with van der Waals surface area (Å²) in [5.74, 6) is 0.320. The van der Waals surface area contributed by atoms with E-state index in [1.807, 2.05) is 0 Å². The highest BCUT2D eigenvalue weighted by Crippen LogP contribution is 2.35. The summed E-state index contributed by atoms with van der Waals surface area (Å²) in [7, 11) is 0. The summed E-state index contributed by atoms with van der Waals surface area (Å²) in [6.45, 7) is 1.28. The zero-order valence-electron chi connectivity index (χ0n) is 11.6. The maximum absolute atomic E-state index is 12.2. The molecule has 2 fully saturated rings. The lowest BCUT2D eigenvalue weighted by Gasteiger charge is -2.25. The monoisotopic (exact) mass is 311 g/mol. The van der Waals surface area contributed by atoms with Crippen molar-refractivity contribution in [2.75, 3.05) is 26.3 Å². The van der Waals surface area contributed by atoms with Gasteiger partial charge in [-0.1, -0.05) is 23.7 Å². The number of amides is 1. The Balaban J connectivity index is 1.58. The maximum Gasteiger partial charge on any atom is 0.260 e. The highest BCUT2D eigenvalue weighted by Gasteiger charge is 2.50. The first-order chi connectivity index (χ1) is 10.1. The van der Waals surface area contributed by atoms with E-state index in [1.165, 1.54) is 0 Å². The van der Waals surface area contributed by atoms with Crippen molar-refractivity contribution in [2.45, 2.75) is 24.5 Å². The van der Waals surface area contributed by atoms with Gasteiger partial charge < -0.3 is 19.5 Å². The minimum Gasteiger partial charge on any atom is -0.482 e. The summed E-state index contributed by atoms with van der Waals surface area (Å²) >= 11 is 5.98. The largest absolute Gasteiger partial charge is 0.482 e. The summed E-state index contributed by atoms with van der Waals surface area (Å²) < 4.78 is 11.1. The van der Waals surface area contributed by atoms with Crippen LogP contribution in [-0.4, -0.2) is 53.9 Å². The number of carbonyl (C=O) groups excluding carboxylic acids is 1. The van der Waals surface area contributed by atoms with Crippen molar-refractivity contribution in [3.63, 3.8) is 0 Å². The molecule has 0 saturated carbocycles. The van der Waals surface area contributed by atoms with E-state index in [4.69, 9.17) is 21.1 Å². The number of aliphatic hydroxyl groups excluding tert-OH is 1. The molecule has 0 aromatic heterocycles. The fourth-order valence-corrected chi connectivity index (χ4v) is 3.15. The van der Waals surface area contributed by atoms with Crippen LogP contribution in [0.15, 0.2) is 24.3 Å². The summed E-state index contributed by atoms with van der Waals surface area (Å²) in [6.07, 6.45) is 1.10. The van der Waals surface area contributed by atoms with Gasteiger partial charge in [0.05, 0.1) is 11.6 Å². The Morgan fingerprint density at radius 2 is 2.33 bits per heavy atom. The molecule has 1 aromatic rings. The number of hydrogen-bond acceptors (Lipinski definition) is 4. The van der Waals surface area contributed by atoms with Gasteiger partial charge in [-0.05, 0) is 25.0 Å². The highest BCUT2D eigenvalue weighted by molar-refractivity contribution is 6.32. The Morgan fingerprint density at radius 1 is 1.52 bits per heavy atom. The van der Waals surface area contributed by atoms with Gasteiger partial charge in [-0.3, -0.25) is 4.79 Å². The molecule has 0 bridgehead atoms. The average Bonchev–Trinajstić information content (AvgIpc) is 3.07. The number of aliphatic hydroxyl groups is 1. The molecule has 2 aliphatic heterocycles. The lowest BCUT2D eigenvalue weighted by atomic mass is 9.97. The average molecular weight is 312 g/mol. The van der Waals surface area contributed by atoms with Crippen LogP contribution in [0, 0.1) is 0 Å². The van der Waals surface area contributed by atoms with Gasteiger partial charge in [0.2, 0.25) is 0 Å². The van der Waals surface area contributed by atoms with E-state index >= 15 is 0 Å². The zero-order valence-corrected chi connectivity index (χ0v) is 12.4. The molecule has 1 aromatic carbocycles. The van der Waals surface area contributed by atoms with E-state index < -0.39 is 11.7 Å². The molecular formula is C15H18ClNO4. The van der Waals surface area contributed by atoms with Gasteiger partial charge in [0.25, 0.3) is 5.91 Å². The van der Waals surface area contributed by atoms with Crippen LogP contribution >= 0.6 is 11.6 Å². The standard InChI is InChI=1S/C15H18ClNO4/c16-11-4-1-2-5-12(11)20-9-14(19)17-8-13(18)15(10-17)6-3-7-21-15/h1-2,4-5,13,18H,3,6-10H2/t13-,15-/m0/s1. The number of nitrogens with zero attached hydrogens (tertiary/aromatic N) is 1. The number of carbonyl (C=O) groups is 1. The summed E-state index contributed by atoms with van der Waals surface area (Å²) in [4.78, 5) is 13.8. The Morgan fingerprint density at radius 3 is 3.05 bits per heavy atom. The molecule has 1 spiro atoms. The lowest BCUT2D eigenvalue weighted by molar-refractivity contribution is -0.133. The number of likely N-dealkylation sites (tertiary alicyclic amines) is 1. The molecule has 5 nitrogen and oxygen atoms in total. The van der Waals surface area contributed by atoms with Gasteiger partial charge in [0, 0.05) is 13.2 Å². The first-order valence-electron chi connectivity index (χ1n) is 7.08. The predicted molar refractivity (Wildman–Crippen MR) is 77.5 cm³/mol. The third-order valence-electron chi connectivity index (χ3n) is 4.13.